The number of fused-ring (bicyclic) bond motifs is 1. The molecule has 21 heavy (non-hydrogen) atoms. The molecule has 0 bridgehead atoms. The molecule has 0 atom stereocenters. The molecule has 1 aliphatic heterocycles. The largest absolute Gasteiger partial charge is 0.496 e. The van der Waals surface area contributed by atoms with Gasteiger partial charge in [-0.15, -0.1) is 11.3 Å². The molecule has 1 saturated heterocycles. The zero-order chi connectivity index (χ0) is 15.4. The molecule has 1 aliphatic rings. The molecule has 1 N–H and O–H groups in total. The number of aliphatic hydroxyl groups is 1. The molecule has 2 heterocycles. The average Bonchev–Trinajstić information content (AvgIpc) is 2.84. The van der Waals surface area contributed by atoms with Gasteiger partial charge in [-0.1, -0.05) is 18.2 Å². The standard InChI is InChI=1S/C16H21BO3S/c1-10-11-7-6-8-12(14(11)21-13(10)9-18)17-19-15(2,3)16(4,5)20-17/h6-8,18H,9H2,1-5H3. The van der Waals surface area contributed by atoms with Crippen molar-refractivity contribution in [3.8, 4) is 0 Å². The third kappa shape index (κ3) is 2.23. The van der Waals surface area contributed by atoms with Crippen molar-refractivity contribution >= 4 is 34.0 Å². The minimum atomic E-state index is -0.358. The van der Waals surface area contributed by atoms with Gasteiger partial charge in [0.25, 0.3) is 0 Å². The molecule has 2 aromatic rings. The minimum absolute atomic E-state index is 0.0774. The highest BCUT2D eigenvalue weighted by molar-refractivity contribution is 7.20. The van der Waals surface area contributed by atoms with Gasteiger partial charge in [0, 0.05) is 15.0 Å². The Morgan fingerprint density at radius 2 is 1.76 bits per heavy atom. The number of hydrogen-bond acceptors (Lipinski definition) is 4. The number of thiophene rings is 1. The van der Waals surface area contributed by atoms with Crippen molar-refractivity contribution in [1.29, 1.82) is 0 Å². The molecule has 0 spiro atoms. The van der Waals surface area contributed by atoms with Crippen molar-refractivity contribution in [3.63, 3.8) is 0 Å². The number of hydrogen-bond donors (Lipinski definition) is 1. The minimum Gasteiger partial charge on any atom is -0.399 e. The summed E-state index contributed by atoms with van der Waals surface area (Å²) in [5.74, 6) is 0. The summed E-state index contributed by atoms with van der Waals surface area (Å²) in [6.07, 6.45) is 0. The summed E-state index contributed by atoms with van der Waals surface area (Å²) in [6.45, 7) is 10.4. The van der Waals surface area contributed by atoms with Gasteiger partial charge in [-0.05, 0) is 45.6 Å². The number of aryl methyl sites for hydroxylation is 1. The van der Waals surface area contributed by atoms with Crippen LogP contribution in [0.4, 0.5) is 0 Å². The Labute approximate surface area is 130 Å². The van der Waals surface area contributed by atoms with Crippen LogP contribution in [-0.4, -0.2) is 23.4 Å². The topological polar surface area (TPSA) is 38.7 Å². The Bertz CT molecular complexity index is 674. The lowest BCUT2D eigenvalue weighted by atomic mass is 9.78. The second kappa shape index (κ2) is 4.81. The van der Waals surface area contributed by atoms with Crippen LogP contribution in [0.2, 0.25) is 0 Å². The molecular formula is C16H21BO3S. The van der Waals surface area contributed by atoms with E-state index in [1.807, 2.05) is 6.07 Å². The summed E-state index contributed by atoms with van der Waals surface area (Å²) in [6, 6.07) is 6.18. The normalized spacial score (nSPS) is 20.4. The smallest absolute Gasteiger partial charge is 0.399 e. The molecule has 3 rings (SSSR count). The molecule has 1 fully saturated rings. The highest BCUT2D eigenvalue weighted by atomic mass is 32.1. The van der Waals surface area contributed by atoms with Crippen molar-refractivity contribution < 1.29 is 14.4 Å². The lowest BCUT2D eigenvalue weighted by molar-refractivity contribution is 0.00578. The quantitative estimate of drug-likeness (QED) is 0.867. The first-order chi connectivity index (χ1) is 9.77. The molecule has 1 aromatic heterocycles. The first-order valence-corrected chi connectivity index (χ1v) is 8.06. The van der Waals surface area contributed by atoms with Crippen molar-refractivity contribution in [2.45, 2.75) is 52.4 Å². The highest BCUT2D eigenvalue weighted by Crippen LogP contribution is 2.38. The molecule has 3 nitrogen and oxygen atoms in total. The fourth-order valence-electron chi connectivity index (χ4n) is 2.62. The number of benzene rings is 1. The molecule has 0 amide bonds. The van der Waals surface area contributed by atoms with Crippen LogP contribution in [0.25, 0.3) is 10.1 Å². The van der Waals surface area contributed by atoms with Crippen molar-refractivity contribution in [2.75, 3.05) is 0 Å². The van der Waals surface area contributed by atoms with Gasteiger partial charge >= 0.3 is 7.12 Å². The second-order valence-corrected chi connectivity index (χ2v) is 7.73. The lowest BCUT2D eigenvalue weighted by Gasteiger charge is -2.32. The van der Waals surface area contributed by atoms with E-state index in [-0.39, 0.29) is 24.9 Å². The van der Waals surface area contributed by atoms with Crippen LogP contribution in [0, 0.1) is 6.92 Å². The Morgan fingerprint density at radius 1 is 1.14 bits per heavy atom. The second-order valence-electron chi connectivity index (χ2n) is 6.62. The zero-order valence-corrected chi connectivity index (χ0v) is 14.0. The van der Waals surface area contributed by atoms with Gasteiger partial charge in [0.2, 0.25) is 0 Å². The maximum atomic E-state index is 9.49. The van der Waals surface area contributed by atoms with Crippen LogP contribution in [0.5, 0.6) is 0 Å². The molecule has 0 radical (unpaired) electrons. The third-order valence-corrected chi connectivity index (χ3v) is 6.09. The fourth-order valence-corrected chi connectivity index (χ4v) is 3.81. The zero-order valence-electron chi connectivity index (χ0n) is 13.2. The van der Waals surface area contributed by atoms with Gasteiger partial charge in [-0.25, -0.2) is 0 Å². The van der Waals surface area contributed by atoms with Crippen LogP contribution in [0.1, 0.15) is 38.1 Å². The summed E-state index contributed by atoms with van der Waals surface area (Å²) in [5, 5.41) is 10.7. The van der Waals surface area contributed by atoms with E-state index in [1.165, 1.54) is 5.39 Å². The van der Waals surface area contributed by atoms with Crippen LogP contribution in [0.3, 0.4) is 0 Å². The number of aliphatic hydroxyl groups excluding tert-OH is 1. The van der Waals surface area contributed by atoms with E-state index >= 15 is 0 Å². The molecule has 5 heteroatoms. The van der Waals surface area contributed by atoms with Crippen LogP contribution < -0.4 is 5.46 Å². The van der Waals surface area contributed by atoms with E-state index in [0.717, 1.165) is 20.6 Å². The highest BCUT2D eigenvalue weighted by Gasteiger charge is 2.52. The molecule has 0 aliphatic carbocycles. The summed E-state index contributed by atoms with van der Waals surface area (Å²) in [7, 11) is -0.358. The lowest BCUT2D eigenvalue weighted by Crippen LogP contribution is -2.41. The van der Waals surface area contributed by atoms with Gasteiger partial charge in [0.15, 0.2) is 0 Å². The van der Waals surface area contributed by atoms with Crippen LogP contribution >= 0.6 is 11.3 Å². The SMILES string of the molecule is Cc1c(CO)sc2c(B3OC(C)(C)C(C)(C)O3)cccc12. The predicted molar refractivity (Wildman–Crippen MR) is 88.2 cm³/mol. The van der Waals surface area contributed by atoms with Crippen LogP contribution in [-0.2, 0) is 15.9 Å². The van der Waals surface area contributed by atoms with Gasteiger partial charge in [0.05, 0.1) is 17.8 Å². The molecule has 1 aromatic carbocycles. The Morgan fingerprint density at radius 3 is 2.33 bits per heavy atom. The summed E-state index contributed by atoms with van der Waals surface area (Å²) >= 11 is 1.63. The van der Waals surface area contributed by atoms with Crippen molar-refractivity contribution in [2.24, 2.45) is 0 Å². The van der Waals surface area contributed by atoms with Crippen LogP contribution in [0.15, 0.2) is 18.2 Å². The summed E-state index contributed by atoms with van der Waals surface area (Å²) in [4.78, 5) is 1.01. The van der Waals surface area contributed by atoms with Gasteiger partial charge in [-0.3, -0.25) is 0 Å². The van der Waals surface area contributed by atoms with Crippen molar-refractivity contribution in [1.82, 2.24) is 0 Å². The maximum absolute atomic E-state index is 9.49. The molecular weight excluding hydrogens is 283 g/mol. The van der Waals surface area contributed by atoms with Gasteiger partial charge in [0.1, 0.15) is 0 Å². The maximum Gasteiger partial charge on any atom is 0.496 e. The summed E-state index contributed by atoms with van der Waals surface area (Å²) in [5.41, 5.74) is 1.52. The fraction of sp³-hybridized carbons (Fsp3) is 0.500. The molecule has 0 saturated carbocycles. The monoisotopic (exact) mass is 304 g/mol. The first kappa shape index (κ1) is 15.0. The Hall–Kier alpha value is -0.875. The third-order valence-electron chi connectivity index (χ3n) is 4.74. The first-order valence-electron chi connectivity index (χ1n) is 7.24. The van der Waals surface area contributed by atoms with E-state index in [1.54, 1.807) is 11.3 Å². The van der Waals surface area contributed by atoms with E-state index in [4.69, 9.17) is 9.31 Å². The van der Waals surface area contributed by atoms with Gasteiger partial charge < -0.3 is 14.4 Å². The molecule has 0 unspecified atom stereocenters. The van der Waals surface area contributed by atoms with Crippen molar-refractivity contribution in [3.05, 3.63) is 28.6 Å². The average molecular weight is 304 g/mol. The predicted octanol–water partition coefficient (Wildman–Crippen LogP) is 3.00. The Kier molecular flexibility index (Phi) is 3.45. The van der Waals surface area contributed by atoms with E-state index in [2.05, 4.69) is 46.8 Å². The summed E-state index contributed by atoms with van der Waals surface area (Å²) < 4.78 is 13.5. The number of rotatable bonds is 2. The van der Waals surface area contributed by atoms with Gasteiger partial charge in [-0.2, -0.15) is 0 Å². The molecule has 112 valence electrons. The van der Waals surface area contributed by atoms with E-state index in [0.29, 0.717) is 0 Å². The Balaban J connectivity index is 2.10. The van der Waals surface area contributed by atoms with E-state index < -0.39 is 0 Å². The van der Waals surface area contributed by atoms with E-state index in [9.17, 15) is 5.11 Å².